The molecule has 0 unspecified atom stereocenters. The van der Waals surface area contributed by atoms with Crippen LogP contribution in [-0.4, -0.2) is 37.1 Å². The molecule has 4 N–H and O–H groups in total. The van der Waals surface area contributed by atoms with Gasteiger partial charge in [-0.15, -0.1) is 0 Å². The molecular weight excluding hydrogens is 146 g/mol. The zero-order chi connectivity index (χ0) is 7.49. The third kappa shape index (κ3) is 2.75. The summed E-state index contributed by atoms with van der Waals surface area (Å²) in [6.07, 6.45) is 0. The Balaban J connectivity index is 4.14. The number of hydrogen-bond acceptors (Lipinski definition) is 4. The van der Waals surface area contributed by atoms with E-state index in [1.54, 1.807) is 0 Å². The quantitative estimate of drug-likeness (QED) is 0.424. The molecular formula is C3H9NO4S. The van der Waals surface area contributed by atoms with Crippen LogP contribution in [0.5, 0.6) is 0 Å². The van der Waals surface area contributed by atoms with Crippen molar-refractivity contribution < 1.29 is 18.6 Å². The molecule has 0 bridgehead atoms. The van der Waals surface area contributed by atoms with Gasteiger partial charge in [0.25, 0.3) is 0 Å². The van der Waals surface area contributed by atoms with Crippen LogP contribution in [0.15, 0.2) is 0 Å². The number of nitrogens with two attached hydrogens (primary N) is 1. The van der Waals surface area contributed by atoms with E-state index in [0.29, 0.717) is 0 Å². The van der Waals surface area contributed by atoms with Crippen LogP contribution in [0.2, 0.25) is 0 Å². The fraction of sp³-hybridized carbons (Fsp3) is 1.00. The monoisotopic (exact) mass is 155 g/mol. The van der Waals surface area contributed by atoms with Crippen molar-refractivity contribution in [3.63, 3.8) is 0 Å². The Morgan fingerprint density at radius 1 is 1.33 bits per heavy atom. The predicted octanol–water partition coefficient (Wildman–Crippen LogP) is -2.37. The normalized spacial score (nSPS) is 12.4. The summed E-state index contributed by atoms with van der Waals surface area (Å²) in [7, 11) is -3.77. The van der Waals surface area contributed by atoms with E-state index in [1.165, 1.54) is 0 Å². The fourth-order valence-electron chi connectivity index (χ4n) is 0.266. The fourth-order valence-corrected chi connectivity index (χ4v) is 0.681. The Morgan fingerprint density at radius 2 is 1.67 bits per heavy atom. The van der Waals surface area contributed by atoms with Gasteiger partial charge in [0.15, 0.2) is 0 Å². The first-order valence-corrected chi connectivity index (χ1v) is 3.86. The van der Waals surface area contributed by atoms with E-state index >= 15 is 0 Å². The molecule has 0 spiro atoms. The summed E-state index contributed by atoms with van der Waals surface area (Å²) in [5.74, 6) is 0. The third-order valence-corrected chi connectivity index (χ3v) is 2.10. The van der Waals surface area contributed by atoms with E-state index in [0.717, 1.165) is 0 Å². The molecule has 0 amide bonds. The molecule has 0 radical (unpaired) electrons. The van der Waals surface area contributed by atoms with Crippen molar-refractivity contribution in [3.8, 4) is 0 Å². The standard InChI is InChI=1S/C3H9NO4S/c4-9(7,8)3(1-5)2-6/h3,5-6H,1-2H2,(H2,4,7,8). The van der Waals surface area contributed by atoms with Crippen LogP contribution in [0, 0.1) is 0 Å². The van der Waals surface area contributed by atoms with Gasteiger partial charge in [-0.3, -0.25) is 0 Å². The second-order valence-corrected chi connectivity index (χ2v) is 3.42. The summed E-state index contributed by atoms with van der Waals surface area (Å²) in [6.45, 7) is -1.29. The first-order chi connectivity index (χ1) is 4.02. The van der Waals surface area contributed by atoms with Crippen molar-refractivity contribution in [1.29, 1.82) is 0 Å². The van der Waals surface area contributed by atoms with E-state index in [2.05, 4.69) is 5.14 Å². The van der Waals surface area contributed by atoms with Crippen molar-refractivity contribution in [2.45, 2.75) is 5.25 Å². The maximum atomic E-state index is 10.3. The van der Waals surface area contributed by atoms with Gasteiger partial charge in [-0.2, -0.15) is 0 Å². The highest BCUT2D eigenvalue weighted by Gasteiger charge is 2.18. The molecule has 9 heavy (non-hydrogen) atoms. The van der Waals surface area contributed by atoms with Crippen LogP contribution in [0.1, 0.15) is 0 Å². The van der Waals surface area contributed by atoms with Crippen LogP contribution in [0.3, 0.4) is 0 Å². The van der Waals surface area contributed by atoms with Crippen molar-refractivity contribution >= 4 is 10.0 Å². The molecule has 5 nitrogen and oxygen atoms in total. The Hall–Kier alpha value is -0.170. The summed E-state index contributed by atoms with van der Waals surface area (Å²) < 4.78 is 20.5. The number of sulfonamides is 1. The van der Waals surface area contributed by atoms with Crippen LogP contribution in [0.25, 0.3) is 0 Å². The molecule has 0 heterocycles. The number of primary sulfonamides is 1. The maximum Gasteiger partial charge on any atom is 0.216 e. The van der Waals surface area contributed by atoms with Gasteiger partial charge < -0.3 is 10.2 Å². The molecule has 0 saturated carbocycles. The minimum Gasteiger partial charge on any atom is -0.395 e. The largest absolute Gasteiger partial charge is 0.395 e. The predicted molar refractivity (Wildman–Crippen MR) is 31.1 cm³/mol. The third-order valence-electron chi connectivity index (χ3n) is 0.872. The molecule has 56 valence electrons. The molecule has 0 saturated heterocycles. The highest BCUT2D eigenvalue weighted by molar-refractivity contribution is 7.89. The lowest BCUT2D eigenvalue weighted by atomic mass is 10.5. The number of aliphatic hydroxyl groups excluding tert-OH is 2. The van der Waals surface area contributed by atoms with Crippen LogP contribution >= 0.6 is 0 Å². The van der Waals surface area contributed by atoms with Crippen molar-refractivity contribution in [2.24, 2.45) is 5.14 Å². The Kier molecular flexibility index (Phi) is 3.06. The van der Waals surface area contributed by atoms with Gasteiger partial charge in [0.05, 0.1) is 13.2 Å². The molecule has 0 fully saturated rings. The summed E-state index contributed by atoms with van der Waals surface area (Å²) in [4.78, 5) is 0. The average molecular weight is 155 g/mol. The maximum absolute atomic E-state index is 10.3. The van der Waals surface area contributed by atoms with Gasteiger partial charge in [-0.25, -0.2) is 13.6 Å². The highest BCUT2D eigenvalue weighted by Crippen LogP contribution is 1.91. The summed E-state index contributed by atoms with van der Waals surface area (Å²) in [5, 5.41) is 19.8. The molecule has 0 aliphatic heterocycles. The minimum absolute atomic E-state index is 0.644. The number of aliphatic hydroxyl groups is 2. The lowest BCUT2D eigenvalue weighted by Crippen LogP contribution is -2.34. The smallest absolute Gasteiger partial charge is 0.216 e. The Labute approximate surface area is 53.2 Å². The topological polar surface area (TPSA) is 101 Å². The zero-order valence-electron chi connectivity index (χ0n) is 4.69. The van der Waals surface area contributed by atoms with Gasteiger partial charge in [0, 0.05) is 0 Å². The van der Waals surface area contributed by atoms with Gasteiger partial charge in [-0.1, -0.05) is 0 Å². The van der Waals surface area contributed by atoms with Gasteiger partial charge in [-0.05, 0) is 0 Å². The molecule has 0 aromatic heterocycles. The van der Waals surface area contributed by atoms with E-state index in [-0.39, 0.29) is 0 Å². The van der Waals surface area contributed by atoms with Crippen molar-refractivity contribution in [2.75, 3.05) is 13.2 Å². The highest BCUT2D eigenvalue weighted by atomic mass is 32.2. The van der Waals surface area contributed by atoms with E-state index in [1.807, 2.05) is 0 Å². The van der Waals surface area contributed by atoms with Gasteiger partial charge in [0.1, 0.15) is 5.25 Å². The molecule has 0 aliphatic carbocycles. The average Bonchev–Trinajstić information content (AvgIpc) is 1.65. The van der Waals surface area contributed by atoms with Crippen LogP contribution in [-0.2, 0) is 10.0 Å². The molecule has 6 heteroatoms. The molecule has 0 aliphatic rings. The zero-order valence-corrected chi connectivity index (χ0v) is 5.50. The summed E-state index contributed by atoms with van der Waals surface area (Å²) in [5.41, 5.74) is 0. The van der Waals surface area contributed by atoms with Crippen molar-refractivity contribution in [3.05, 3.63) is 0 Å². The van der Waals surface area contributed by atoms with Gasteiger partial charge >= 0.3 is 0 Å². The van der Waals surface area contributed by atoms with Crippen LogP contribution in [0.4, 0.5) is 0 Å². The molecule has 0 aromatic rings. The Bertz CT molecular complexity index is 159. The molecule has 0 rings (SSSR count). The second-order valence-electron chi connectivity index (χ2n) is 1.58. The second kappa shape index (κ2) is 3.11. The van der Waals surface area contributed by atoms with Crippen molar-refractivity contribution in [1.82, 2.24) is 0 Å². The first-order valence-electron chi connectivity index (χ1n) is 2.25. The van der Waals surface area contributed by atoms with E-state index < -0.39 is 28.5 Å². The molecule has 0 aromatic carbocycles. The molecule has 0 atom stereocenters. The van der Waals surface area contributed by atoms with E-state index in [9.17, 15) is 8.42 Å². The SMILES string of the molecule is NS(=O)(=O)C(CO)CO. The van der Waals surface area contributed by atoms with Gasteiger partial charge in [0.2, 0.25) is 10.0 Å². The van der Waals surface area contributed by atoms with Crippen LogP contribution < -0.4 is 5.14 Å². The lowest BCUT2D eigenvalue weighted by Gasteiger charge is -2.05. The summed E-state index contributed by atoms with van der Waals surface area (Å²) >= 11 is 0. The summed E-state index contributed by atoms with van der Waals surface area (Å²) in [6, 6.07) is 0. The minimum atomic E-state index is -3.77. The Morgan fingerprint density at radius 3 is 1.67 bits per heavy atom. The van der Waals surface area contributed by atoms with E-state index in [4.69, 9.17) is 10.2 Å². The number of hydrogen-bond donors (Lipinski definition) is 3. The lowest BCUT2D eigenvalue weighted by molar-refractivity contribution is 0.223. The first kappa shape index (κ1) is 8.83. The number of rotatable bonds is 3.